The predicted molar refractivity (Wildman–Crippen MR) is 101 cm³/mol. The van der Waals surface area contributed by atoms with E-state index < -0.39 is 0 Å². The van der Waals surface area contributed by atoms with E-state index >= 15 is 0 Å². The zero-order valence-corrected chi connectivity index (χ0v) is 14.9. The minimum atomic E-state index is 0.0247. The Kier molecular flexibility index (Phi) is 5.79. The van der Waals surface area contributed by atoms with Crippen LogP contribution in [0, 0.1) is 0 Å². The highest BCUT2D eigenvalue weighted by Gasteiger charge is 2.25. The molecule has 1 amide bonds. The molecule has 5 heteroatoms. The predicted octanol–water partition coefficient (Wildman–Crippen LogP) is 2.79. The summed E-state index contributed by atoms with van der Waals surface area (Å²) in [6.45, 7) is 7.27. The van der Waals surface area contributed by atoms with Crippen LogP contribution in [-0.4, -0.2) is 42.0 Å². The lowest BCUT2D eigenvalue weighted by molar-refractivity contribution is -0.118. The quantitative estimate of drug-likeness (QED) is 0.880. The monoisotopic (exact) mass is 338 g/mol. The van der Waals surface area contributed by atoms with E-state index in [-0.39, 0.29) is 11.9 Å². The number of nitrogens with zero attached hydrogens (tertiary/aromatic N) is 2. The van der Waals surface area contributed by atoms with Gasteiger partial charge >= 0.3 is 0 Å². The molecule has 0 spiro atoms. The van der Waals surface area contributed by atoms with Crippen molar-refractivity contribution in [1.29, 1.82) is 0 Å². The van der Waals surface area contributed by atoms with Crippen LogP contribution in [0.5, 0.6) is 0 Å². The third kappa shape index (κ3) is 4.65. The molecule has 1 fully saturated rings. The second-order valence-corrected chi connectivity index (χ2v) is 6.81. The Hall–Kier alpha value is -2.24. The maximum absolute atomic E-state index is 12.5. The van der Waals surface area contributed by atoms with Crippen molar-refractivity contribution in [3.8, 4) is 0 Å². The fraction of sp³-hybridized carbons (Fsp3) is 0.400. The molecular weight excluding hydrogens is 312 g/mol. The molecule has 1 aliphatic heterocycles. The Morgan fingerprint density at radius 3 is 3.00 bits per heavy atom. The molecule has 0 radical (unpaired) electrons. The highest BCUT2D eigenvalue weighted by molar-refractivity contribution is 5.92. The van der Waals surface area contributed by atoms with Crippen molar-refractivity contribution in [3.05, 3.63) is 59.9 Å². The Balaban J connectivity index is 1.65. The zero-order valence-electron chi connectivity index (χ0n) is 14.9. The van der Waals surface area contributed by atoms with Gasteiger partial charge in [0, 0.05) is 43.8 Å². The van der Waals surface area contributed by atoms with Crippen LogP contribution in [0.2, 0.25) is 0 Å². The number of benzene rings is 1. The zero-order chi connectivity index (χ0) is 17.6. The summed E-state index contributed by atoms with van der Waals surface area (Å²) in [4.78, 5) is 19.0. The van der Waals surface area contributed by atoms with Crippen LogP contribution in [0.1, 0.15) is 36.9 Å². The van der Waals surface area contributed by atoms with E-state index in [1.807, 2.05) is 24.4 Å². The molecule has 0 saturated carbocycles. The first-order valence-corrected chi connectivity index (χ1v) is 8.88. The smallest absolute Gasteiger partial charge is 0.238 e. The molecule has 0 bridgehead atoms. The summed E-state index contributed by atoms with van der Waals surface area (Å²) in [7, 11) is 0. The number of nitrogens with one attached hydrogen (secondary N) is 2. The topological polar surface area (TPSA) is 57.3 Å². The van der Waals surface area contributed by atoms with Gasteiger partial charge in [-0.05, 0) is 35.2 Å². The maximum atomic E-state index is 12.5. The number of pyridine rings is 1. The Morgan fingerprint density at radius 2 is 2.24 bits per heavy atom. The number of piperazine rings is 1. The normalized spacial score (nSPS) is 18.3. The van der Waals surface area contributed by atoms with Crippen molar-refractivity contribution in [1.82, 2.24) is 15.2 Å². The summed E-state index contributed by atoms with van der Waals surface area (Å²) in [5.41, 5.74) is 3.24. The molecule has 1 unspecified atom stereocenters. The number of amides is 1. The van der Waals surface area contributed by atoms with E-state index in [1.54, 1.807) is 6.20 Å². The average molecular weight is 338 g/mol. The minimum absolute atomic E-state index is 0.0247. The molecule has 25 heavy (non-hydrogen) atoms. The molecule has 3 rings (SSSR count). The van der Waals surface area contributed by atoms with Gasteiger partial charge in [-0.15, -0.1) is 0 Å². The van der Waals surface area contributed by atoms with Crippen LogP contribution in [-0.2, 0) is 4.79 Å². The second-order valence-electron chi connectivity index (χ2n) is 6.81. The van der Waals surface area contributed by atoms with Crippen LogP contribution in [0.15, 0.2) is 48.8 Å². The number of carbonyl (C=O) groups is 1. The number of rotatable bonds is 5. The number of anilines is 1. The number of carbonyl (C=O) groups excluding carboxylic acids is 1. The van der Waals surface area contributed by atoms with E-state index in [0.717, 1.165) is 30.9 Å². The van der Waals surface area contributed by atoms with Crippen molar-refractivity contribution in [2.24, 2.45) is 0 Å². The first kappa shape index (κ1) is 17.6. The Morgan fingerprint density at radius 1 is 1.36 bits per heavy atom. The molecule has 1 aromatic heterocycles. The van der Waals surface area contributed by atoms with Gasteiger partial charge in [-0.3, -0.25) is 14.7 Å². The van der Waals surface area contributed by atoms with Gasteiger partial charge in [-0.25, -0.2) is 0 Å². The first-order chi connectivity index (χ1) is 12.1. The van der Waals surface area contributed by atoms with E-state index in [1.165, 1.54) is 5.56 Å². The van der Waals surface area contributed by atoms with Crippen LogP contribution < -0.4 is 10.6 Å². The Labute approximate surface area is 149 Å². The van der Waals surface area contributed by atoms with Crippen molar-refractivity contribution in [2.45, 2.75) is 25.8 Å². The van der Waals surface area contributed by atoms with Gasteiger partial charge < -0.3 is 10.6 Å². The van der Waals surface area contributed by atoms with Crippen molar-refractivity contribution in [3.63, 3.8) is 0 Å². The van der Waals surface area contributed by atoms with E-state index in [2.05, 4.69) is 52.6 Å². The van der Waals surface area contributed by atoms with E-state index in [0.29, 0.717) is 12.5 Å². The van der Waals surface area contributed by atoms with Gasteiger partial charge in [0.2, 0.25) is 5.91 Å². The molecule has 1 aliphatic rings. The molecule has 1 aromatic carbocycles. The van der Waals surface area contributed by atoms with Gasteiger partial charge in [-0.1, -0.05) is 32.0 Å². The van der Waals surface area contributed by atoms with Crippen LogP contribution in [0.3, 0.4) is 0 Å². The molecule has 5 nitrogen and oxygen atoms in total. The van der Waals surface area contributed by atoms with Gasteiger partial charge in [0.15, 0.2) is 0 Å². The molecular formula is C20H26N4O. The summed E-state index contributed by atoms with van der Waals surface area (Å²) in [6.07, 6.45) is 3.66. The number of hydrogen-bond donors (Lipinski definition) is 2. The van der Waals surface area contributed by atoms with Gasteiger partial charge in [0.1, 0.15) is 0 Å². The minimum Gasteiger partial charge on any atom is -0.325 e. The van der Waals surface area contributed by atoms with Crippen LogP contribution in [0.4, 0.5) is 5.69 Å². The number of aromatic nitrogens is 1. The summed E-state index contributed by atoms with van der Waals surface area (Å²) in [5.74, 6) is 0.469. The van der Waals surface area contributed by atoms with Gasteiger partial charge in [0.05, 0.1) is 6.54 Å². The largest absolute Gasteiger partial charge is 0.325 e. The van der Waals surface area contributed by atoms with Crippen LogP contribution >= 0.6 is 0 Å². The van der Waals surface area contributed by atoms with Crippen molar-refractivity contribution in [2.75, 3.05) is 31.5 Å². The molecule has 2 aromatic rings. The molecule has 132 valence electrons. The number of hydrogen-bond acceptors (Lipinski definition) is 4. The molecule has 0 aliphatic carbocycles. The SMILES string of the molecule is CC(C)c1cccc(NC(=O)CN2CCNCC2c2cccnc2)c1. The van der Waals surface area contributed by atoms with E-state index in [9.17, 15) is 4.79 Å². The third-order valence-electron chi connectivity index (χ3n) is 4.61. The molecule has 2 N–H and O–H groups in total. The lowest BCUT2D eigenvalue weighted by atomic mass is 10.0. The lowest BCUT2D eigenvalue weighted by Gasteiger charge is -2.35. The molecule has 2 heterocycles. The fourth-order valence-corrected chi connectivity index (χ4v) is 3.20. The van der Waals surface area contributed by atoms with E-state index in [4.69, 9.17) is 0 Å². The highest BCUT2D eigenvalue weighted by atomic mass is 16.2. The first-order valence-electron chi connectivity index (χ1n) is 8.88. The maximum Gasteiger partial charge on any atom is 0.238 e. The third-order valence-corrected chi connectivity index (χ3v) is 4.61. The summed E-state index contributed by atoms with van der Waals surface area (Å²) >= 11 is 0. The molecule has 1 saturated heterocycles. The average Bonchev–Trinajstić information content (AvgIpc) is 2.63. The van der Waals surface area contributed by atoms with Gasteiger partial charge in [0.25, 0.3) is 0 Å². The second kappa shape index (κ2) is 8.23. The summed E-state index contributed by atoms with van der Waals surface area (Å²) in [5, 5.41) is 6.44. The Bertz CT molecular complexity index is 702. The van der Waals surface area contributed by atoms with Gasteiger partial charge in [-0.2, -0.15) is 0 Å². The standard InChI is InChI=1S/C20H26N4O/c1-15(2)16-5-3-7-18(11-16)23-20(25)14-24-10-9-22-13-19(24)17-6-4-8-21-12-17/h3-8,11-12,15,19,22H,9-10,13-14H2,1-2H3,(H,23,25). The van der Waals surface area contributed by atoms with Crippen LogP contribution in [0.25, 0.3) is 0 Å². The summed E-state index contributed by atoms with van der Waals surface area (Å²) < 4.78 is 0. The lowest BCUT2D eigenvalue weighted by Crippen LogP contribution is -2.48. The van der Waals surface area contributed by atoms with Crippen molar-refractivity contribution >= 4 is 11.6 Å². The highest BCUT2D eigenvalue weighted by Crippen LogP contribution is 2.22. The summed E-state index contributed by atoms with van der Waals surface area (Å²) in [6, 6.07) is 12.3. The molecule has 1 atom stereocenters. The fourth-order valence-electron chi connectivity index (χ4n) is 3.20. The van der Waals surface area contributed by atoms with Crippen molar-refractivity contribution < 1.29 is 4.79 Å².